The third-order valence-corrected chi connectivity index (χ3v) is 4.53. The van der Waals surface area contributed by atoms with Crippen molar-refractivity contribution in [3.05, 3.63) is 53.7 Å². The van der Waals surface area contributed by atoms with Crippen LogP contribution in [-0.2, 0) is 19.0 Å². The van der Waals surface area contributed by atoms with E-state index in [1.165, 1.54) is 29.4 Å². The molecule has 1 aliphatic rings. The van der Waals surface area contributed by atoms with Gasteiger partial charge in [-0.25, -0.2) is 24.1 Å². The second-order valence-corrected chi connectivity index (χ2v) is 6.53. The summed E-state index contributed by atoms with van der Waals surface area (Å²) in [5.41, 5.74) is 0.734. The van der Waals surface area contributed by atoms with Gasteiger partial charge in [-0.05, 0) is 12.1 Å². The Labute approximate surface area is 168 Å². The van der Waals surface area contributed by atoms with Gasteiger partial charge in [0.2, 0.25) is 12.5 Å². The zero-order chi connectivity index (χ0) is 20.5. The number of aromatic nitrogens is 4. The number of halogens is 2. The van der Waals surface area contributed by atoms with Crippen LogP contribution in [0.2, 0.25) is 5.15 Å². The minimum atomic E-state index is -1.94. The Balaban J connectivity index is 1.64. The van der Waals surface area contributed by atoms with Gasteiger partial charge >= 0.3 is 11.9 Å². The average Bonchev–Trinajstić information content (AvgIpc) is 3.26. The number of ether oxygens (including phenoxy) is 3. The molecule has 1 fully saturated rings. The normalized spacial score (nSPS) is 23.8. The highest BCUT2D eigenvalue weighted by molar-refractivity contribution is 6.33. The van der Waals surface area contributed by atoms with Crippen LogP contribution in [-0.4, -0.2) is 50.0 Å². The number of carbonyl (C=O) groups is 2. The second-order valence-electron chi connectivity index (χ2n) is 6.17. The molecule has 0 aliphatic carbocycles. The predicted octanol–water partition coefficient (Wildman–Crippen LogP) is 2.46. The lowest BCUT2D eigenvalue weighted by atomic mass is 10.2. The number of benzene rings is 1. The molecule has 4 rings (SSSR count). The maximum atomic E-state index is 15.0. The Kier molecular flexibility index (Phi) is 5.12. The number of nitrogens with zero attached hydrogens (tertiary/aromatic N) is 4. The van der Waals surface area contributed by atoms with E-state index < -0.39 is 36.7 Å². The van der Waals surface area contributed by atoms with Gasteiger partial charge in [-0.3, -0.25) is 9.36 Å². The molecule has 0 bridgehead atoms. The lowest BCUT2D eigenvalue weighted by Gasteiger charge is -2.19. The Morgan fingerprint density at radius 3 is 2.66 bits per heavy atom. The van der Waals surface area contributed by atoms with Crippen LogP contribution in [0.1, 0.15) is 23.5 Å². The van der Waals surface area contributed by atoms with E-state index in [0.717, 1.165) is 6.92 Å². The molecule has 3 aromatic rings. The molecule has 1 saturated heterocycles. The zero-order valence-corrected chi connectivity index (χ0v) is 15.7. The second kappa shape index (κ2) is 7.72. The summed E-state index contributed by atoms with van der Waals surface area (Å²) in [5.74, 6) is -1.50. The Morgan fingerprint density at radius 1 is 1.17 bits per heavy atom. The number of imidazole rings is 1. The predicted molar refractivity (Wildman–Crippen MR) is 96.6 cm³/mol. The molecule has 11 heteroatoms. The lowest BCUT2D eigenvalue weighted by molar-refractivity contribution is -0.156. The van der Waals surface area contributed by atoms with Crippen LogP contribution in [0.15, 0.2) is 43.0 Å². The maximum absolute atomic E-state index is 15.0. The van der Waals surface area contributed by atoms with E-state index >= 15 is 4.39 Å². The molecular weight excluding hydrogens is 407 g/mol. The number of fused-ring (bicyclic) bond motifs is 1. The van der Waals surface area contributed by atoms with Crippen molar-refractivity contribution in [2.75, 3.05) is 0 Å². The van der Waals surface area contributed by atoms with Crippen molar-refractivity contribution in [3.63, 3.8) is 0 Å². The quantitative estimate of drug-likeness (QED) is 0.468. The molecule has 2 aromatic heterocycles. The summed E-state index contributed by atoms with van der Waals surface area (Å²) in [6.45, 7) is 1.14. The van der Waals surface area contributed by atoms with Gasteiger partial charge in [-0.2, -0.15) is 0 Å². The van der Waals surface area contributed by atoms with Crippen LogP contribution in [0.5, 0.6) is 0 Å². The molecule has 4 atom stereocenters. The van der Waals surface area contributed by atoms with Crippen LogP contribution in [0.4, 0.5) is 4.39 Å². The van der Waals surface area contributed by atoms with Crippen molar-refractivity contribution in [2.24, 2.45) is 0 Å². The molecule has 3 heterocycles. The summed E-state index contributed by atoms with van der Waals surface area (Å²) in [4.78, 5) is 35.8. The molecular formula is C18H14ClFN4O5. The Morgan fingerprint density at radius 2 is 1.93 bits per heavy atom. The highest BCUT2D eigenvalue weighted by Crippen LogP contribution is 2.36. The molecule has 0 amide bonds. The molecule has 0 spiro atoms. The fourth-order valence-corrected chi connectivity index (χ4v) is 3.17. The van der Waals surface area contributed by atoms with Crippen LogP contribution >= 0.6 is 11.6 Å². The summed E-state index contributed by atoms with van der Waals surface area (Å²) in [6, 6.07) is 8.06. The van der Waals surface area contributed by atoms with Gasteiger partial charge in [-0.1, -0.05) is 29.8 Å². The monoisotopic (exact) mass is 420 g/mol. The van der Waals surface area contributed by atoms with Crippen molar-refractivity contribution < 1.29 is 28.2 Å². The molecule has 0 unspecified atom stereocenters. The molecule has 1 aromatic carbocycles. The van der Waals surface area contributed by atoms with Gasteiger partial charge in [-0.15, -0.1) is 0 Å². The van der Waals surface area contributed by atoms with Gasteiger partial charge in [0.05, 0.1) is 11.9 Å². The summed E-state index contributed by atoms with van der Waals surface area (Å²) in [7, 11) is 0. The van der Waals surface area contributed by atoms with Gasteiger partial charge in [0.25, 0.3) is 0 Å². The fraction of sp³-hybridized carbons (Fsp3) is 0.278. The Bertz CT molecular complexity index is 1060. The van der Waals surface area contributed by atoms with Crippen molar-refractivity contribution in [1.29, 1.82) is 0 Å². The van der Waals surface area contributed by atoms with Crippen molar-refractivity contribution in [3.8, 4) is 0 Å². The molecule has 9 nitrogen and oxygen atoms in total. The minimum Gasteiger partial charge on any atom is -0.454 e. The first-order valence-corrected chi connectivity index (χ1v) is 8.89. The van der Waals surface area contributed by atoms with E-state index in [1.54, 1.807) is 18.2 Å². The molecule has 0 radical (unpaired) electrons. The summed E-state index contributed by atoms with van der Waals surface area (Å²) < 4.78 is 32.2. The number of hydrogen-bond acceptors (Lipinski definition) is 8. The standard InChI is InChI=1S/C18H14ClFN4O5/c1-9(25)27-13-11(20)18(29-17(26)10-5-3-2-4-6-10)28-16(13)24-8-23-12-14(19)21-7-22-15(12)24/h2-8,11,13,16,18H,1H3/t11-,13-,16-,18-/m1/s1. The van der Waals surface area contributed by atoms with Gasteiger partial charge < -0.3 is 14.2 Å². The molecule has 29 heavy (non-hydrogen) atoms. The number of alkyl halides is 1. The number of hydrogen-bond donors (Lipinski definition) is 0. The first-order valence-electron chi connectivity index (χ1n) is 8.51. The van der Waals surface area contributed by atoms with Crippen LogP contribution in [0.3, 0.4) is 0 Å². The largest absolute Gasteiger partial charge is 0.454 e. The van der Waals surface area contributed by atoms with E-state index in [2.05, 4.69) is 15.0 Å². The van der Waals surface area contributed by atoms with Crippen molar-refractivity contribution in [2.45, 2.75) is 31.7 Å². The average molecular weight is 421 g/mol. The zero-order valence-electron chi connectivity index (χ0n) is 14.9. The van der Waals surface area contributed by atoms with E-state index in [9.17, 15) is 9.59 Å². The highest BCUT2D eigenvalue weighted by Gasteiger charge is 2.51. The number of carbonyl (C=O) groups excluding carboxylic acids is 2. The third-order valence-electron chi connectivity index (χ3n) is 4.25. The third kappa shape index (κ3) is 3.64. The van der Waals surface area contributed by atoms with E-state index in [4.69, 9.17) is 25.8 Å². The van der Waals surface area contributed by atoms with Crippen LogP contribution in [0, 0.1) is 0 Å². The molecule has 0 saturated carbocycles. The molecule has 1 aliphatic heterocycles. The van der Waals surface area contributed by atoms with E-state index in [0.29, 0.717) is 0 Å². The smallest absolute Gasteiger partial charge is 0.340 e. The summed E-state index contributed by atoms with van der Waals surface area (Å²) in [6.07, 6.45) is -3.61. The van der Waals surface area contributed by atoms with Crippen LogP contribution in [0.25, 0.3) is 11.2 Å². The SMILES string of the molecule is CC(=O)O[C@@H]1[C@@H](F)[C@@H](OC(=O)c2ccccc2)O[C@H]1n1cnc2c(Cl)ncnc21. The first kappa shape index (κ1) is 19.2. The van der Waals surface area contributed by atoms with E-state index in [1.807, 2.05) is 0 Å². The molecule has 0 N–H and O–H groups in total. The fourth-order valence-electron chi connectivity index (χ4n) is 2.99. The first-order chi connectivity index (χ1) is 14.0. The number of rotatable bonds is 4. The summed E-state index contributed by atoms with van der Waals surface area (Å²) in [5, 5.41) is 0.0969. The highest BCUT2D eigenvalue weighted by atomic mass is 35.5. The van der Waals surface area contributed by atoms with E-state index in [-0.39, 0.29) is 21.9 Å². The minimum absolute atomic E-state index is 0.0969. The Hall–Kier alpha value is -3.11. The van der Waals surface area contributed by atoms with Gasteiger partial charge in [0, 0.05) is 6.92 Å². The van der Waals surface area contributed by atoms with Gasteiger partial charge in [0.15, 0.2) is 23.1 Å². The number of esters is 2. The van der Waals surface area contributed by atoms with Crippen molar-refractivity contribution in [1.82, 2.24) is 19.5 Å². The van der Waals surface area contributed by atoms with Gasteiger partial charge in [0.1, 0.15) is 11.8 Å². The maximum Gasteiger partial charge on any atom is 0.340 e. The molecule has 150 valence electrons. The lowest BCUT2D eigenvalue weighted by Crippen LogP contribution is -2.34. The summed E-state index contributed by atoms with van der Waals surface area (Å²) >= 11 is 6.00. The van der Waals surface area contributed by atoms with Crippen LogP contribution < -0.4 is 0 Å². The van der Waals surface area contributed by atoms with Crippen molar-refractivity contribution >= 4 is 34.7 Å². The topological polar surface area (TPSA) is 105 Å².